The van der Waals surface area contributed by atoms with Crippen LogP contribution in [0.25, 0.3) is 11.0 Å². The summed E-state index contributed by atoms with van der Waals surface area (Å²) in [5, 5.41) is 17.6. The maximum Gasteiger partial charge on any atom is 0.337 e. The third-order valence-electron chi connectivity index (χ3n) is 3.89. The quantitative estimate of drug-likeness (QED) is 0.842. The summed E-state index contributed by atoms with van der Waals surface area (Å²) in [6, 6.07) is 5.45. The van der Waals surface area contributed by atoms with Crippen LogP contribution in [0.1, 0.15) is 54.9 Å². The Morgan fingerprint density at radius 3 is 2.63 bits per heavy atom. The average Bonchev–Trinajstić information content (AvgIpc) is 2.66. The molecule has 1 heterocycles. The van der Waals surface area contributed by atoms with Crippen LogP contribution in [-0.4, -0.2) is 26.1 Å². The van der Waals surface area contributed by atoms with Crippen molar-refractivity contribution in [3.05, 3.63) is 23.8 Å². The Labute approximate surface area is 111 Å². The molecule has 1 fully saturated rings. The third kappa shape index (κ3) is 2.20. The normalized spacial score (nSPS) is 17.5. The Bertz CT molecular complexity index is 598. The number of hydrogen-bond acceptors (Lipinski definition) is 3. The van der Waals surface area contributed by atoms with Crippen LogP contribution in [0.3, 0.4) is 0 Å². The minimum atomic E-state index is -0.914. The topological polar surface area (TPSA) is 68.0 Å². The van der Waals surface area contributed by atoms with Gasteiger partial charge in [0.05, 0.1) is 11.6 Å². The highest BCUT2D eigenvalue weighted by molar-refractivity contribution is 6.00. The Balaban J connectivity index is 2.10. The van der Waals surface area contributed by atoms with Crippen molar-refractivity contribution in [1.82, 2.24) is 15.0 Å². The molecule has 0 saturated heterocycles. The molecule has 0 unspecified atom stereocenters. The van der Waals surface area contributed by atoms with E-state index in [0.717, 1.165) is 12.8 Å². The first-order chi connectivity index (χ1) is 9.27. The number of carboxylic acids is 1. The number of fused-ring (bicyclic) bond motifs is 1. The summed E-state index contributed by atoms with van der Waals surface area (Å²) < 4.78 is 1.84. The fourth-order valence-electron chi connectivity index (χ4n) is 2.92. The molecule has 1 aliphatic carbocycles. The summed E-state index contributed by atoms with van der Waals surface area (Å²) in [5.74, 6) is -0.914. The second kappa shape index (κ2) is 4.99. The lowest BCUT2D eigenvalue weighted by Gasteiger charge is -2.15. The zero-order chi connectivity index (χ0) is 13.2. The third-order valence-corrected chi connectivity index (χ3v) is 3.89. The molecule has 5 nitrogen and oxygen atoms in total. The van der Waals surface area contributed by atoms with E-state index in [1.54, 1.807) is 12.1 Å². The molecule has 3 rings (SSSR count). The first-order valence-corrected chi connectivity index (χ1v) is 6.84. The number of para-hydroxylation sites is 1. The Kier molecular flexibility index (Phi) is 3.19. The SMILES string of the molecule is O=C(O)c1cccc2nnn(C3CCCCCC3)c12. The van der Waals surface area contributed by atoms with E-state index in [1.165, 1.54) is 25.7 Å². The minimum Gasteiger partial charge on any atom is -0.478 e. The van der Waals surface area contributed by atoms with E-state index in [0.29, 0.717) is 16.6 Å². The fraction of sp³-hybridized carbons (Fsp3) is 0.500. The number of aromatic nitrogens is 3. The van der Waals surface area contributed by atoms with Crippen molar-refractivity contribution in [2.45, 2.75) is 44.6 Å². The zero-order valence-corrected chi connectivity index (χ0v) is 10.7. The van der Waals surface area contributed by atoms with Gasteiger partial charge in [-0.1, -0.05) is 37.0 Å². The molecule has 19 heavy (non-hydrogen) atoms. The van der Waals surface area contributed by atoms with Crippen molar-refractivity contribution in [2.24, 2.45) is 0 Å². The molecule has 100 valence electrons. The van der Waals surface area contributed by atoms with Crippen molar-refractivity contribution < 1.29 is 9.90 Å². The molecule has 1 aromatic heterocycles. The molecule has 0 radical (unpaired) electrons. The number of hydrogen-bond donors (Lipinski definition) is 1. The molecule has 0 aliphatic heterocycles. The Hall–Kier alpha value is -1.91. The molecule has 1 saturated carbocycles. The van der Waals surface area contributed by atoms with Gasteiger partial charge in [-0.2, -0.15) is 0 Å². The van der Waals surface area contributed by atoms with Crippen LogP contribution in [0.2, 0.25) is 0 Å². The van der Waals surface area contributed by atoms with Crippen molar-refractivity contribution in [2.75, 3.05) is 0 Å². The van der Waals surface area contributed by atoms with E-state index in [-0.39, 0.29) is 6.04 Å². The summed E-state index contributed by atoms with van der Waals surface area (Å²) in [5.41, 5.74) is 1.64. The van der Waals surface area contributed by atoms with Crippen LogP contribution in [0, 0.1) is 0 Å². The van der Waals surface area contributed by atoms with Crippen LogP contribution >= 0.6 is 0 Å². The molecule has 0 spiro atoms. The van der Waals surface area contributed by atoms with E-state index in [9.17, 15) is 9.90 Å². The Morgan fingerprint density at radius 2 is 1.95 bits per heavy atom. The molecule has 5 heteroatoms. The molecular formula is C14H17N3O2. The lowest BCUT2D eigenvalue weighted by atomic mass is 10.1. The van der Waals surface area contributed by atoms with Crippen LogP contribution in [-0.2, 0) is 0 Å². The zero-order valence-electron chi connectivity index (χ0n) is 10.7. The summed E-state index contributed by atoms with van der Waals surface area (Å²) in [6.07, 6.45) is 7.01. The number of carbonyl (C=O) groups is 1. The molecule has 1 aliphatic rings. The summed E-state index contributed by atoms with van der Waals surface area (Å²) in [4.78, 5) is 11.3. The van der Waals surface area contributed by atoms with Crippen molar-refractivity contribution in [3.63, 3.8) is 0 Å². The number of aromatic carboxylic acids is 1. The molecule has 1 N–H and O–H groups in total. The first-order valence-electron chi connectivity index (χ1n) is 6.84. The van der Waals surface area contributed by atoms with Gasteiger partial charge in [-0.05, 0) is 25.0 Å². The molecule has 1 aromatic carbocycles. The summed E-state index contributed by atoms with van der Waals surface area (Å²) in [6.45, 7) is 0. The predicted molar refractivity (Wildman–Crippen MR) is 71.2 cm³/mol. The lowest BCUT2D eigenvalue weighted by molar-refractivity contribution is 0.0698. The molecule has 0 amide bonds. The van der Waals surface area contributed by atoms with E-state index in [2.05, 4.69) is 10.3 Å². The van der Waals surface area contributed by atoms with E-state index in [1.807, 2.05) is 10.7 Å². The van der Waals surface area contributed by atoms with Gasteiger partial charge in [0, 0.05) is 0 Å². The highest BCUT2D eigenvalue weighted by Gasteiger charge is 2.21. The highest BCUT2D eigenvalue weighted by atomic mass is 16.4. The minimum absolute atomic E-state index is 0.285. The largest absolute Gasteiger partial charge is 0.478 e. The van der Waals surface area contributed by atoms with Gasteiger partial charge < -0.3 is 5.11 Å². The maximum atomic E-state index is 11.3. The predicted octanol–water partition coefficient (Wildman–Crippen LogP) is 3.02. The average molecular weight is 259 g/mol. The van der Waals surface area contributed by atoms with E-state index in [4.69, 9.17) is 0 Å². The van der Waals surface area contributed by atoms with Gasteiger partial charge in [-0.25, -0.2) is 9.48 Å². The van der Waals surface area contributed by atoms with Crippen molar-refractivity contribution in [3.8, 4) is 0 Å². The monoisotopic (exact) mass is 259 g/mol. The summed E-state index contributed by atoms with van der Waals surface area (Å²) >= 11 is 0. The number of carboxylic acid groups (broad SMARTS) is 1. The van der Waals surface area contributed by atoms with Crippen LogP contribution in [0.4, 0.5) is 0 Å². The molecular weight excluding hydrogens is 242 g/mol. The summed E-state index contributed by atoms with van der Waals surface area (Å²) in [7, 11) is 0. The van der Waals surface area contributed by atoms with E-state index < -0.39 is 5.97 Å². The van der Waals surface area contributed by atoms with Crippen LogP contribution < -0.4 is 0 Å². The molecule has 0 bridgehead atoms. The van der Waals surface area contributed by atoms with Gasteiger partial charge in [-0.3, -0.25) is 0 Å². The number of nitrogens with zero attached hydrogens (tertiary/aromatic N) is 3. The first kappa shape index (κ1) is 12.1. The molecule has 0 atom stereocenters. The highest BCUT2D eigenvalue weighted by Crippen LogP contribution is 2.30. The van der Waals surface area contributed by atoms with Gasteiger partial charge in [0.15, 0.2) is 0 Å². The number of benzene rings is 1. The van der Waals surface area contributed by atoms with Gasteiger partial charge in [0.25, 0.3) is 0 Å². The van der Waals surface area contributed by atoms with Crippen LogP contribution in [0.5, 0.6) is 0 Å². The van der Waals surface area contributed by atoms with Gasteiger partial charge in [0.1, 0.15) is 11.0 Å². The maximum absolute atomic E-state index is 11.3. The fourth-order valence-corrected chi connectivity index (χ4v) is 2.92. The van der Waals surface area contributed by atoms with Crippen molar-refractivity contribution >= 4 is 17.0 Å². The molecule has 2 aromatic rings. The smallest absolute Gasteiger partial charge is 0.337 e. The second-order valence-electron chi connectivity index (χ2n) is 5.16. The lowest BCUT2D eigenvalue weighted by Crippen LogP contribution is -2.12. The second-order valence-corrected chi connectivity index (χ2v) is 5.16. The van der Waals surface area contributed by atoms with Crippen molar-refractivity contribution in [1.29, 1.82) is 0 Å². The standard InChI is InChI=1S/C14H17N3O2/c18-14(19)11-8-5-9-12-13(11)17(16-15-12)10-6-3-1-2-4-7-10/h5,8-10H,1-4,6-7H2,(H,18,19). The van der Waals surface area contributed by atoms with Gasteiger partial charge >= 0.3 is 5.97 Å². The van der Waals surface area contributed by atoms with Gasteiger partial charge in [0.2, 0.25) is 0 Å². The Morgan fingerprint density at radius 1 is 1.21 bits per heavy atom. The van der Waals surface area contributed by atoms with Crippen LogP contribution in [0.15, 0.2) is 18.2 Å². The number of rotatable bonds is 2. The van der Waals surface area contributed by atoms with Gasteiger partial charge in [-0.15, -0.1) is 5.10 Å². The van der Waals surface area contributed by atoms with E-state index >= 15 is 0 Å².